The van der Waals surface area contributed by atoms with Crippen LogP contribution in [0.1, 0.15) is 60.0 Å². The monoisotopic (exact) mass is 342 g/mol. The Labute approximate surface area is 149 Å². The van der Waals surface area contributed by atoms with Gasteiger partial charge in [0.1, 0.15) is 0 Å². The predicted octanol–water partition coefficient (Wildman–Crippen LogP) is 3.88. The Bertz CT molecular complexity index is 662. The first-order valence-electron chi connectivity index (χ1n) is 9.13. The largest absolute Gasteiger partial charge is 0.357 e. The average Bonchev–Trinajstić information content (AvgIpc) is 2.47. The Kier molecular flexibility index (Phi) is 3.91. The summed E-state index contributed by atoms with van der Waals surface area (Å²) in [4.78, 5) is 12.5. The first-order chi connectivity index (χ1) is 11.4. The van der Waals surface area contributed by atoms with Gasteiger partial charge in [0, 0.05) is 11.1 Å². The van der Waals surface area contributed by atoms with Gasteiger partial charge in [-0.3, -0.25) is 10.1 Å². The number of rotatable bonds is 2. The van der Waals surface area contributed by atoms with E-state index in [1.165, 1.54) is 44.1 Å². The van der Waals surface area contributed by atoms with Gasteiger partial charge in [-0.1, -0.05) is 6.07 Å². The number of nitrogens with one attached hydrogen (secondary N) is 2. The van der Waals surface area contributed by atoms with E-state index in [1.54, 1.807) is 0 Å². The molecule has 0 aliphatic heterocycles. The molecule has 0 unspecified atom stereocenters. The number of amides is 1. The highest BCUT2D eigenvalue weighted by Gasteiger charge is 2.51. The number of aryl methyl sites for hydroxylation is 2. The van der Waals surface area contributed by atoms with E-state index in [1.807, 2.05) is 25.1 Å². The molecule has 3 nitrogen and oxygen atoms in total. The summed E-state index contributed by atoms with van der Waals surface area (Å²) in [6.07, 6.45) is 7.88. The van der Waals surface area contributed by atoms with Crippen LogP contribution >= 0.6 is 12.2 Å². The highest BCUT2D eigenvalue weighted by atomic mass is 32.1. The summed E-state index contributed by atoms with van der Waals surface area (Å²) in [7, 11) is 0. The molecule has 24 heavy (non-hydrogen) atoms. The number of hydrogen-bond acceptors (Lipinski definition) is 2. The Morgan fingerprint density at radius 3 is 2.17 bits per heavy atom. The second-order valence-corrected chi connectivity index (χ2v) is 8.81. The lowest BCUT2D eigenvalue weighted by molar-refractivity contribution is -0.0101. The number of hydrogen-bond donors (Lipinski definition) is 2. The van der Waals surface area contributed by atoms with Gasteiger partial charge in [0.2, 0.25) is 0 Å². The summed E-state index contributed by atoms with van der Waals surface area (Å²) < 4.78 is 0. The van der Waals surface area contributed by atoms with Crippen molar-refractivity contribution in [2.45, 2.75) is 57.9 Å². The highest BCUT2D eigenvalue weighted by Crippen LogP contribution is 2.55. The molecule has 4 heteroatoms. The molecular formula is C20H26N2OS. The van der Waals surface area contributed by atoms with Crippen LogP contribution in [0.25, 0.3) is 0 Å². The summed E-state index contributed by atoms with van der Waals surface area (Å²) in [5, 5.41) is 6.95. The number of carbonyl (C=O) groups excluding carboxylic acids is 1. The molecule has 4 saturated carbocycles. The minimum absolute atomic E-state index is 0.111. The number of benzene rings is 1. The van der Waals surface area contributed by atoms with Crippen LogP contribution in [0, 0.1) is 31.6 Å². The molecule has 0 aromatic heterocycles. The van der Waals surface area contributed by atoms with Crippen LogP contribution < -0.4 is 10.6 Å². The lowest BCUT2D eigenvalue weighted by Gasteiger charge is -2.57. The minimum atomic E-state index is -0.111. The van der Waals surface area contributed by atoms with Crippen LogP contribution in [0.3, 0.4) is 0 Å². The Morgan fingerprint density at radius 1 is 1.04 bits per heavy atom. The van der Waals surface area contributed by atoms with Crippen LogP contribution in [0.2, 0.25) is 0 Å². The normalized spacial score (nSPS) is 33.3. The molecule has 4 aliphatic carbocycles. The van der Waals surface area contributed by atoms with E-state index in [4.69, 9.17) is 12.2 Å². The van der Waals surface area contributed by atoms with E-state index >= 15 is 0 Å². The van der Waals surface area contributed by atoms with Gasteiger partial charge >= 0.3 is 0 Å². The van der Waals surface area contributed by atoms with Gasteiger partial charge in [0.05, 0.1) is 0 Å². The Hall–Kier alpha value is -1.42. The molecule has 4 aliphatic rings. The van der Waals surface area contributed by atoms with Crippen molar-refractivity contribution in [3.63, 3.8) is 0 Å². The molecule has 0 radical (unpaired) electrons. The third kappa shape index (κ3) is 2.97. The zero-order valence-electron chi connectivity index (χ0n) is 14.5. The Balaban J connectivity index is 1.41. The summed E-state index contributed by atoms with van der Waals surface area (Å²) in [6.45, 7) is 4.08. The van der Waals surface area contributed by atoms with Gasteiger partial charge in [0.25, 0.3) is 5.91 Å². The van der Waals surface area contributed by atoms with E-state index in [9.17, 15) is 4.79 Å². The smallest absolute Gasteiger partial charge is 0.257 e. The molecule has 5 rings (SSSR count). The van der Waals surface area contributed by atoms with Crippen molar-refractivity contribution in [3.05, 3.63) is 34.9 Å². The summed E-state index contributed by atoms with van der Waals surface area (Å²) in [6, 6.07) is 5.78. The molecule has 1 aromatic carbocycles. The summed E-state index contributed by atoms with van der Waals surface area (Å²) >= 11 is 5.48. The number of carbonyl (C=O) groups is 1. The zero-order valence-corrected chi connectivity index (χ0v) is 15.3. The molecule has 0 atom stereocenters. The zero-order chi connectivity index (χ0) is 16.9. The van der Waals surface area contributed by atoms with Crippen LogP contribution in [0.5, 0.6) is 0 Å². The second-order valence-electron chi connectivity index (χ2n) is 8.41. The quantitative estimate of drug-likeness (QED) is 0.802. The van der Waals surface area contributed by atoms with Crippen LogP contribution in [0.4, 0.5) is 0 Å². The highest BCUT2D eigenvalue weighted by molar-refractivity contribution is 7.80. The van der Waals surface area contributed by atoms with Gasteiger partial charge in [-0.15, -0.1) is 0 Å². The van der Waals surface area contributed by atoms with Crippen molar-refractivity contribution >= 4 is 23.2 Å². The van der Waals surface area contributed by atoms with E-state index in [0.29, 0.717) is 10.7 Å². The molecule has 128 valence electrons. The molecule has 0 spiro atoms. The fraction of sp³-hybridized carbons (Fsp3) is 0.600. The van der Waals surface area contributed by atoms with Gasteiger partial charge in [-0.25, -0.2) is 0 Å². The first kappa shape index (κ1) is 16.1. The van der Waals surface area contributed by atoms with E-state index in [0.717, 1.165) is 23.3 Å². The van der Waals surface area contributed by atoms with Crippen LogP contribution in [-0.2, 0) is 0 Å². The van der Waals surface area contributed by atoms with Crippen molar-refractivity contribution in [3.8, 4) is 0 Å². The standard InChI is InChI=1S/C20H26N2OS/c1-12-3-4-17(5-13(12)2)18(23)21-19(24)22-20-9-14-6-15(10-20)8-16(7-14)11-20/h3-5,14-16H,6-11H2,1-2H3,(H2,21,22,23,24). The van der Waals surface area contributed by atoms with E-state index < -0.39 is 0 Å². The molecule has 0 heterocycles. The Morgan fingerprint density at radius 2 is 1.62 bits per heavy atom. The molecule has 4 bridgehead atoms. The summed E-state index contributed by atoms with van der Waals surface area (Å²) in [5.41, 5.74) is 3.14. The fourth-order valence-corrected chi connectivity index (χ4v) is 5.90. The van der Waals surface area contributed by atoms with E-state index in [2.05, 4.69) is 17.6 Å². The van der Waals surface area contributed by atoms with Crippen molar-refractivity contribution in [1.82, 2.24) is 10.6 Å². The lowest BCUT2D eigenvalue weighted by Crippen LogP contribution is -2.61. The molecular weight excluding hydrogens is 316 g/mol. The van der Waals surface area contributed by atoms with Crippen LogP contribution in [0.15, 0.2) is 18.2 Å². The fourth-order valence-electron chi connectivity index (χ4n) is 5.59. The van der Waals surface area contributed by atoms with Gasteiger partial charge in [-0.05, 0) is 106 Å². The average molecular weight is 343 g/mol. The molecule has 4 fully saturated rings. The van der Waals surface area contributed by atoms with Crippen molar-refractivity contribution in [1.29, 1.82) is 0 Å². The first-order valence-corrected chi connectivity index (χ1v) is 9.54. The topological polar surface area (TPSA) is 41.1 Å². The third-order valence-electron chi connectivity index (χ3n) is 6.41. The SMILES string of the molecule is Cc1ccc(C(=O)NC(=S)NC23CC4CC(CC(C4)C2)C3)cc1C. The number of thiocarbonyl (C=S) groups is 1. The maximum Gasteiger partial charge on any atom is 0.257 e. The van der Waals surface area contributed by atoms with Gasteiger partial charge < -0.3 is 5.32 Å². The lowest BCUT2D eigenvalue weighted by atomic mass is 9.53. The maximum absolute atomic E-state index is 12.5. The molecule has 1 aromatic rings. The molecule has 1 amide bonds. The predicted molar refractivity (Wildman–Crippen MR) is 100 cm³/mol. The molecule has 2 N–H and O–H groups in total. The van der Waals surface area contributed by atoms with Crippen molar-refractivity contribution < 1.29 is 4.79 Å². The maximum atomic E-state index is 12.5. The summed E-state index contributed by atoms with van der Waals surface area (Å²) in [5.74, 6) is 2.48. The van der Waals surface area contributed by atoms with Crippen molar-refractivity contribution in [2.75, 3.05) is 0 Å². The third-order valence-corrected chi connectivity index (χ3v) is 6.62. The van der Waals surface area contributed by atoms with Gasteiger partial charge in [-0.2, -0.15) is 0 Å². The molecule has 0 saturated heterocycles. The minimum Gasteiger partial charge on any atom is -0.357 e. The van der Waals surface area contributed by atoms with Crippen molar-refractivity contribution in [2.24, 2.45) is 17.8 Å². The second kappa shape index (κ2) is 5.83. The van der Waals surface area contributed by atoms with Gasteiger partial charge in [0.15, 0.2) is 5.11 Å². The van der Waals surface area contributed by atoms with Crippen LogP contribution in [-0.4, -0.2) is 16.6 Å². The van der Waals surface area contributed by atoms with E-state index in [-0.39, 0.29) is 11.4 Å².